The summed E-state index contributed by atoms with van der Waals surface area (Å²) in [6.07, 6.45) is 0. The van der Waals surface area contributed by atoms with Crippen molar-refractivity contribution in [3.05, 3.63) is 0 Å². The summed E-state index contributed by atoms with van der Waals surface area (Å²) >= 11 is 14.1. The molecule has 0 aromatic carbocycles. The molecule has 0 rings (SSSR count). The van der Waals surface area contributed by atoms with Gasteiger partial charge in [-0.1, -0.05) is 0 Å². The zero-order chi connectivity index (χ0) is 4.99. The van der Waals surface area contributed by atoms with Crippen molar-refractivity contribution in [1.82, 2.24) is 3.94 Å². The monoisotopic (exact) mass is 145 g/mol. The Bertz CT molecular complexity index is 32.7. The largest absolute Gasteiger partial charge is 0.178 e. The average molecular weight is 146 g/mol. The second kappa shape index (κ2) is 4.06. The first-order valence-corrected chi connectivity index (χ1v) is 2.78. The van der Waals surface area contributed by atoms with E-state index in [1.165, 1.54) is 0 Å². The van der Waals surface area contributed by atoms with E-state index in [-0.39, 0.29) is 0 Å². The molecule has 0 fully saturated rings. The smallest absolute Gasteiger partial charge is 0.0392 e. The van der Waals surface area contributed by atoms with Gasteiger partial charge in [-0.3, -0.25) is 0 Å². The highest BCUT2D eigenvalue weighted by Crippen LogP contribution is 1.96. The van der Waals surface area contributed by atoms with Gasteiger partial charge in [-0.25, -0.2) is 0 Å². The van der Waals surface area contributed by atoms with Crippen molar-refractivity contribution in [2.45, 2.75) is 0 Å². The molecule has 0 aromatic heterocycles. The molecular weight excluding hydrogens is 141 g/mol. The minimum absolute atomic E-state index is 0.603. The predicted octanol–water partition coefficient (Wildman–Crippen LogP) is 1.53. The van der Waals surface area contributed by atoms with Gasteiger partial charge in [0, 0.05) is 12.3 Å². The Labute approximate surface area is 52.8 Å². The molecule has 0 amide bonds. The summed E-state index contributed by atoms with van der Waals surface area (Å²) in [5, 5.41) is 0. The van der Waals surface area contributed by atoms with E-state index < -0.39 is 0 Å². The Morgan fingerprint density at radius 3 is 2.00 bits per heavy atom. The van der Waals surface area contributed by atoms with Crippen LogP contribution in [-0.2, 0) is 0 Å². The molecule has 0 aliphatic carbocycles. The summed E-state index contributed by atoms with van der Waals surface area (Å²) in [7, 11) is 0. The number of hydrogen-bond acceptors (Lipinski definition) is 2. The molecule has 0 unspecified atom stereocenters. The maximum absolute atomic E-state index is 5.13. The second-order valence-corrected chi connectivity index (χ2v) is 2.19. The first kappa shape index (κ1) is 6.89. The zero-order valence-corrected chi connectivity index (χ0v) is 5.47. The highest BCUT2D eigenvalue weighted by atomic mass is 35.5. The highest BCUT2D eigenvalue weighted by molar-refractivity contribution is 7.80. The van der Waals surface area contributed by atoms with E-state index in [1.807, 2.05) is 0 Å². The molecule has 0 N–H and O–H groups in total. The first-order valence-electron chi connectivity index (χ1n) is 1.47. The van der Waals surface area contributed by atoms with Gasteiger partial charge in [0.15, 0.2) is 0 Å². The van der Waals surface area contributed by atoms with Gasteiger partial charge in [0.25, 0.3) is 0 Å². The molecule has 0 aromatic rings. The van der Waals surface area contributed by atoms with Crippen LogP contribution >= 0.6 is 36.2 Å². The fourth-order valence-electron chi connectivity index (χ4n) is 0.0756. The molecule has 0 atom stereocenters. The van der Waals surface area contributed by atoms with Crippen LogP contribution in [0.3, 0.4) is 0 Å². The minimum atomic E-state index is 0.603. The quantitative estimate of drug-likeness (QED) is 0.456. The van der Waals surface area contributed by atoms with E-state index in [2.05, 4.69) is 12.6 Å². The SMILES string of the molecule is SCCN(Cl)Cl. The normalized spacial score (nSPS) is 10.0. The van der Waals surface area contributed by atoms with Crippen LogP contribution in [0.4, 0.5) is 0 Å². The lowest BCUT2D eigenvalue weighted by molar-refractivity contribution is 0.759. The van der Waals surface area contributed by atoms with E-state index in [0.29, 0.717) is 12.3 Å². The van der Waals surface area contributed by atoms with E-state index in [9.17, 15) is 0 Å². The van der Waals surface area contributed by atoms with Crippen LogP contribution in [0, 0.1) is 0 Å². The van der Waals surface area contributed by atoms with Crippen LogP contribution in [0.1, 0.15) is 0 Å². The third-order valence-corrected chi connectivity index (χ3v) is 0.807. The van der Waals surface area contributed by atoms with Crippen molar-refractivity contribution in [1.29, 1.82) is 0 Å². The Morgan fingerprint density at radius 1 is 1.50 bits per heavy atom. The van der Waals surface area contributed by atoms with Gasteiger partial charge in [-0.2, -0.15) is 12.6 Å². The molecule has 0 saturated carbocycles. The number of hydrogen-bond donors (Lipinski definition) is 1. The average Bonchev–Trinajstić information content (AvgIpc) is 1.35. The van der Waals surface area contributed by atoms with Gasteiger partial charge in [0.05, 0.1) is 0 Å². The van der Waals surface area contributed by atoms with Crippen molar-refractivity contribution in [3.63, 3.8) is 0 Å². The Hall–Kier alpha value is 0.890. The lowest BCUT2D eigenvalue weighted by Gasteiger charge is -1.95. The number of nitrogens with zero attached hydrogens (tertiary/aromatic N) is 1. The van der Waals surface area contributed by atoms with Gasteiger partial charge < -0.3 is 0 Å². The zero-order valence-electron chi connectivity index (χ0n) is 3.06. The molecule has 6 heavy (non-hydrogen) atoms. The Balaban J connectivity index is 2.63. The summed E-state index contributed by atoms with van der Waals surface area (Å²) in [5.41, 5.74) is 0. The number of rotatable bonds is 2. The molecule has 0 aliphatic heterocycles. The first-order chi connectivity index (χ1) is 2.77. The highest BCUT2D eigenvalue weighted by Gasteiger charge is 1.86. The van der Waals surface area contributed by atoms with Crippen LogP contribution in [0.2, 0.25) is 0 Å². The van der Waals surface area contributed by atoms with Crippen molar-refractivity contribution >= 4 is 36.2 Å². The second-order valence-electron chi connectivity index (χ2n) is 0.750. The van der Waals surface area contributed by atoms with Gasteiger partial charge in [-0.05, 0) is 23.6 Å². The molecule has 0 saturated heterocycles. The molecule has 0 heterocycles. The van der Waals surface area contributed by atoms with E-state index >= 15 is 0 Å². The number of halogens is 2. The van der Waals surface area contributed by atoms with Gasteiger partial charge in [0.2, 0.25) is 0 Å². The van der Waals surface area contributed by atoms with Gasteiger partial charge in [-0.15, -0.1) is 3.94 Å². The lowest BCUT2D eigenvalue weighted by Crippen LogP contribution is -1.99. The maximum Gasteiger partial charge on any atom is 0.0392 e. The molecule has 0 spiro atoms. The molecule has 0 bridgehead atoms. The van der Waals surface area contributed by atoms with Crippen LogP contribution in [0.15, 0.2) is 0 Å². The predicted molar refractivity (Wildman–Crippen MR) is 32.3 cm³/mol. The number of thiol groups is 1. The van der Waals surface area contributed by atoms with Crippen LogP contribution < -0.4 is 0 Å². The van der Waals surface area contributed by atoms with E-state index in [4.69, 9.17) is 23.6 Å². The van der Waals surface area contributed by atoms with Gasteiger partial charge >= 0.3 is 0 Å². The van der Waals surface area contributed by atoms with Crippen molar-refractivity contribution in [3.8, 4) is 0 Å². The van der Waals surface area contributed by atoms with E-state index in [0.717, 1.165) is 3.94 Å². The Kier molecular flexibility index (Phi) is 4.66. The van der Waals surface area contributed by atoms with Crippen LogP contribution in [0.25, 0.3) is 0 Å². The van der Waals surface area contributed by atoms with Gasteiger partial charge in [0.1, 0.15) is 0 Å². The fraction of sp³-hybridized carbons (Fsp3) is 1.00. The fourth-order valence-corrected chi connectivity index (χ4v) is 0.680. The van der Waals surface area contributed by atoms with Crippen LogP contribution in [0.5, 0.6) is 0 Å². The minimum Gasteiger partial charge on any atom is -0.178 e. The van der Waals surface area contributed by atoms with Crippen molar-refractivity contribution in [2.24, 2.45) is 0 Å². The van der Waals surface area contributed by atoms with E-state index in [1.54, 1.807) is 0 Å². The standard InChI is InChI=1S/C2H5Cl2NS/c3-5(4)1-2-6/h6H,1-2H2. The summed E-state index contributed by atoms with van der Waals surface area (Å²) in [4.78, 5) is 0. The Morgan fingerprint density at radius 2 is 2.00 bits per heavy atom. The summed E-state index contributed by atoms with van der Waals surface area (Å²) in [6, 6.07) is 0. The molecule has 1 nitrogen and oxygen atoms in total. The third-order valence-electron chi connectivity index (χ3n) is 0.269. The van der Waals surface area contributed by atoms with Crippen molar-refractivity contribution in [2.75, 3.05) is 12.3 Å². The molecular formula is C2H5Cl2NS. The topological polar surface area (TPSA) is 3.24 Å². The van der Waals surface area contributed by atoms with Crippen molar-refractivity contribution < 1.29 is 0 Å². The maximum atomic E-state index is 5.13. The van der Waals surface area contributed by atoms with Crippen LogP contribution in [-0.4, -0.2) is 16.2 Å². The summed E-state index contributed by atoms with van der Waals surface area (Å²) < 4.78 is 1.05. The summed E-state index contributed by atoms with van der Waals surface area (Å²) in [5.74, 6) is 0.688. The lowest BCUT2D eigenvalue weighted by atomic mass is 10.8. The molecule has 4 heteroatoms. The third kappa shape index (κ3) is 4.89. The summed E-state index contributed by atoms with van der Waals surface area (Å²) in [6.45, 7) is 0.603. The molecule has 0 radical (unpaired) electrons. The molecule has 38 valence electrons. The molecule has 0 aliphatic rings.